The zero-order valence-corrected chi connectivity index (χ0v) is 21.5. The van der Waals surface area contributed by atoms with Crippen molar-refractivity contribution in [2.75, 3.05) is 19.8 Å². The van der Waals surface area contributed by atoms with Crippen molar-refractivity contribution < 1.29 is 28.9 Å². The van der Waals surface area contributed by atoms with Crippen LogP contribution < -0.4 is 10.1 Å². The van der Waals surface area contributed by atoms with Gasteiger partial charge in [0.25, 0.3) is 5.91 Å². The summed E-state index contributed by atoms with van der Waals surface area (Å²) in [5, 5.41) is 13.3. The van der Waals surface area contributed by atoms with Crippen molar-refractivity contribution >= 4 is 11.8 Å². The number of para-hydroxylation sites is 1. The lowest BCUT2D eigenvalue weighted by Gasteiger charge is -2.44. The molecule has 2 amide bonds. The number of hydrogen-bond acceptors (Lipinski definition) is 8. The van der Waals surface area contributed by atoms with E-state index in [-0.39, 0.29) is 55.8 Å². The van der Waals surface area contributed by atoms with Gasteiger partial charge in [0.1, 0.15) is 23.3 Å². The molecule has 3 aromatic rings. The van der Waals surface area contributed by atoms with Crippen molar-refractivity contribution in [3.05, 3.63) is 84.4 Å². The largest absolute Gasteiger partial charge is 0.457 e. The van der Waals surface area contributed by atoms with Crippen LogP contribution >= 0.6 is 0 Å². The number of aromatic nitrogens is 2. The molecule has 0 unspecified atom stereocenters. The van der Waals surface area contributed by atoms with Crippen LogP contribution in [-0.2, 0) is 20.8 Å². The second kappa shape index (κ2) is 12.8. The Hall–Kier alpha value is -3.86. The SMILES string of the molecule is O=C(C[C@H]1CC[C@H]2[C@@H](COC[C@H](O)CN2C(=O)c2cnccn2)O1)NCc1ccc(Oc2ccccc2)cc1. The summed E-state index contributed by atoms with van der Waals surface area (Å²) in [6.07, 6.45) is 4.29. The third-order valence-electron chi connectivity index (χ3n) is 6.83. The van der Waals surface area contributed by atoms with Gasteiger partial charge in [-0.1, -0.05) is 30.3 Å². The minimum absolute atomic E-state index is 0.0944. The van der Waals surface area contributed by atoms with Gasteiger partial charge in [-0.25, -0.2) is 4.98 Å². The first-order valence-electron chi connectivity index (χ1n) is 13.1. The van der Waals surface area contributed by atoms with Crippen LogP contribution in [-0.4, -0.2) is 75.9 Å². The predicted molar refractivity (Wildman–Crippen MR) is 141 cm³/mol. The van der Waals surface area contributed by atoms with Crippen molar-refractivity contribution in [3.63, 3.8) is 0 Å². The molecule has 1 aromatic heterocycles. The van der Waals surface area contributed by atoms with E-state index in [1.165, 1.54) is 18.6 Å². The molecule has 5 rings (SSSR count). The van der Waals surface area contributed by atoms with Crippen LogP contribution in [0.15, 0.2) is 73.2 Å². The molecule has 2 aromatic carbocycles. The van der Waals surface area contributed by atoms with Gasteiger partial charge in [-0.3, -0.25) is 14.6 Å². The van der Waals surface area contributed by atoms with Gasteiger partial charge >= 0.3 is 0 Å². The molecule has 2 fully saturated rings. The number of carbonyl (C=O) groups is 2. The molecule has 204 valence electrons. The van der Waals surface area contributed by atoms with E-state index in [4.69, 9.17) is 14.2 Å². The maximum Gasteiger partial charge on any atom is 0.274 e. The van der Waals surface area contributed by atoms with Gasteiger partial charge in [-0.15, -0.1) is 0 Å². The number of carbonyl (C=O) groups excluding carboxylic acids is 2. The monoisotopic (exact) mass is 532 g/mol. The van der Waals surface area contributed by atoms with Crippen LogP contribution in [0.1, 0.15) is 35.3 Å². The second-order valence-corrected chi connectivity index (χ2v) is 9.72. The number of aliphatic hydroxyl groups is 1. The lowest BCUT2D eigenvalue weighted by Crippen LogP contribution is -2.57. The summed E-state index contributed by atoms with van der Waals surface area (Å²) < 4.78 is 17.7. The van der Waals surface area contributed by atoms with E-state index in [1.807, 2.05) is 54.6 Å². The molecule has 0 bridgehead atoms. The standard InChI is InChI=1S/C29H32N4O6/c34-21-17-33(29(36)25-16-30-12-13-31-25)26-11-10-24(39-27(26)19-37-18-21)14-28(35)32-15-20-6-8-23(9-7-20)38-22-4-2-1-3-5-22/h1-9,12-13,16,21,24,26-27,34H,10-11,14-15,17-19H2,(H,32,35)/t21-,24-,26+,27-/m1/s1. The quantitative estimate of drug-likeness (QED) is 0.476. The Morgan fingerprint density at radius 1 is 1.03 bits per heavy atom. The highest BCUT2D eigenvalue weighted by Crippen LogP contribution is 2.28. The maximum atomic E-state index is 13.2. The van der Waals surface area contributed by atoms with Crippen LogP contribution in [0, 0.1) is 0 Å². The van der Waals surface area contributed by atoms with E-state index in [9.17, 15) is 14.7 Å². The number of ether oxygens (including phenoxy) is 3. The first-order chi connectivity index (χ1) is 19.0. The summed E-state index contributed by atoms with van der Waals surface area (Å²) in [7, 11) is 0. The minimum Gasteiger partial charge on any atom is -0.457 e. The van der Waals surface area contributed by atoms with E-state index in [2.05, 4.69) is 15.3 Å². The van der Waals surface area contributed by atoms with Gasteiger partial charge < -0.3 is 29.5 Å². The number of nitrogens with zero attached hydrogens (tertiary/aromatic N) is 3. The van der Waals surface area contributed by atoms with Crippen LogP contribution in [0.3, 0.4) is 0 Å². The number of β-amino-alcohol motifs (C(OH)–C–C–N with tert-alkyl or cyclic N) is 1. The van der Waals surface area contributed by atoms with Crippen LogP contribution in [0.5, 0.6) is 11.5 Å². The Labute approximate surface area is 226 Å². The zero-order valence-electron chi connectivity index (χ0n) is 21.5. The summed E-state index contributed by atoms with van der Waals surface area (Å²) in [6.45, 7) is 0.823. The van der Waals surface area contributed by atoms with E-state index < -0.39 is 12.2 Å². The Balaban J connectivity index is 1.13. The number of rotatable bonds is 7. The highest BCUT2D eigenvalue weighted by molar-refractivity contribution is 5.92. The summed E-state index contributed by atoms with van der Waals surface area (Å²) in [5.41, 5.74) is 1.17. The first kappa shape index (κ1) is 26.7. The van der Waals surface area contributed by atoms with E-state index >= 15 is 0 Å². The molecule has 10 heteroatoms. The molecule has 2 aliphatic rings. The maximum absolute atomic E-state index is 13.2. The number of amides is 2. The van der Waals surface area contributed by atoms with Crippen molar-refractivity contribution in [1.29, 1.82) is 0 Å². The Kier molecular flexibility index (Phi) is 8.77. The number of benzene rings is 2. The minimum atomic E-state index is -0.811. The van der Waals surface area contributed by atoms with Crippen molar-refractivity contribution in [2.45, 2.75) is 50.2 Å². The van der Waals surface area contributed by atoms with Gasteiger partial charge in [0.2, 0.25) is 5.91 Å². The lowest BCUT2D eigenvalue weighted by molar-refractivity contribution is -0.151. The lowest BCUT2D eigenvalue weighted by atomic mass is 9.94. The van der Waals surface area contributed by atoms with E-state index in [0.717, 1.165) is 17.1 Å². The second-order valence-electron chi connectivity index (χ2n) is 9.72. The number of aliphatic hydroxyl groups excluding tert-OH is 1. The average Bonchev–Trinajstić information content (AvgIpc) is 2.96. The summed E-state index contributed by atoms with van der Waals surface area (Å²) in [5.74, 6) is 1.07. The molecule has 4 atom stereocenters. The highest BCUT2D eigenvalue weighted by atomic mass is 16.5. The van der Waals surface area contributed by atoms with Crippen molar-refractivity contribution in [2.24, 2.45) is 0 Å². The Morgan fingerprint density at radius 3 is 2.59 bits per heavy atom. The van der Waals surface area contributed by atoms with Gasteiger partial charge in [0.05, 0.1) is 44.1 Å². The fourth-order valence-electron chi connectivity index (χ4n) is 4.91. The summed E-state index contributed by atoms with van der Waals surface area (Å²) in [4.78, 5) is 35.6. The molecule has 39 heavy (non-hydrogen) atoms. The Bertz CT molecular complexity index is 1230. The predicted octanol–water partition coefficient (Wildman–Crippen LogP) is 2.72. The van der Waals surface area contributed by atoms with E-state index in [1.54, 1.807) is 4.90 Å². The third-order valence-corrected chi connectivity index (χ3v) is 6.83. The fraction of sp³-hybridized carbons (Fsp3) is 0.379. The molecule has 2 saturated heterocycles. The summed E-state index contributed by atoms with van der Waals surface area (Å²) in [6, 6.07) is 16.8. The molecular weight excluding hydrogens is 500 g/mol. The van der Waals surface area contributed by atoms with E-state index in [0.29, 0.717) is 19.4 Å². The molecule has 3 heterocycles. The van der Waals surface area contributed by atoms with Crippen LogP contribution in [0.4, 0.5) is 0 Å². The molecule has 0 saturated carbocycles. The first-order valence-corrected chi connectivity index (χ1v) is 13.1. The van der Waals surface area contributed by atoms with Crippen molar-refractivity contribution in [1.82, 2.24) is 20.2 Å². The normalized spacial score (nSPS) is 23.2. The van der Waals surface area contributed by atoms with Crippen LogP contribution in [0.25, 0.3) is 0 Å². The number of hydrogen-bond donors (Lipinski definition) is 2. The highest BCUT2D eigenvalue weighted by Gasteiger charge is 2.40. The van der Waals surface area contributed by atoms with Crippen molar-refractivity contribution in [3.8, 4) is 11.5 Å². The molecule has 2 aliphatic heterocycles. The van der Waals surface area contributed by atoms with Gasteiger partial charge in [0.15, 0.2) is 0 Å². The fourth-order valence-corrected chi connectivity index (χ4v) is 4.91. The topological polar surface area (TPSA) is 123 Å². The van der Waals surface area contributed by atoms with Gasteiger partial charge in [-0.05, 0) is 42.7 Å². The molecule has 10 nitrogen and oxygen atoms in total. The smallest absolute Gasteiger partial charge is 0.274 e. The molecule has 2 N–H and O–H groups in total. The third kappa shape index (κ3) is 7.17. The van der Waals surface area contributed by atoms with Crippen LogP contribution in [0.2, 0.25) is 0 Å². The van der Waals surface area contributed by atoms with Gasteiger partial charge in [-0.2, -0.15) is 0 Å². The zero-order chi connectivity index (χ0) is 27.0. The average molecular weight is 533 g/mol. The molecule has 0 aliphatic carbocycles. The molecule has 0 spiro atoms. The number of fused-ring (bicyclic) bond motifs is 1. The Morgan fingerprint density at radius 2 is 1.82 bits per heavy atom. The molecular formula is C29H32N4O6. The number of nitrogens with one attached hydrogen (secondary N) is 1. The summed E-state index contributed by atoms with van der Waals surface area (Å²) >= 11 is 0. The molecule has 0 radical (unpaired) electrons. The van der Waals surface area contributed by atoms with Gasteiger partial charge in [0, 0.05) is 25.5 Å².